The van der Waals surface area contributed by atoms with E-state index < -0.39 is 10.9 Å². The van der Waals surface area contributed by atoms with Gasteiger partial charge in [0, 0.05) is 25.2 Å². The van der Waals surface area contributed by atoms with Crippen molar-refractivity contribution in [3.8, 4) is 0 Å². The number of nitro groups is 1. The molecule has 1 aliphatic heterocycles. The molecule has 0 radical (unpaired) electrons. The van der Waals surface area contributed by atoms with Crippen molar-refractivity contribution >= 4 is 23.3 Å². The largest absolute Gasteiger partial charge is 0.452 e. The molecule has 1 aromatic carbocycles. The molecule has 152 valence electrons. The number of rotatable bonds is 6. The highest BCUT2D eigenvalue weighted by Crippen LogP contribution is 2.31. The van der Waals surface area contributed by atoms with Crippen LogP contribution in [0.2, 0.25) is 0 Å². The van der Waals surface area contributed by atoms with Crippen LogP contribution in [0.15, 0.2) is 18.2 Å². The van der Waals surface area contributed by atoms with Crippen molar-refractivity contribution in [2.45, 2.75) is 51.5 Å². The van der Waals surface area contributed by atoms with Gasteiger partial charge >= 0.3 is 5.97 Å². The van der Waals surface area contributed by atoms with Gasteiger partial charge in [-0.05, 0) is 43.7 Å². The molecule has 2 unspecified atom stereocenters. The molecule has 2 aliphatic rings. The second kappa shape index (κ2) is 9.03. The van der Waals surface area contributed by atoms with Crippen molar-refractivity contribution in [1.29, 1.82) is 0 Å². The summed E-state index contributed by atoms with van der Waals surface area (Å²) >= 11 is 0. The van der Waals surface area contributed by atoms with E-state index in [0.717, 1.165) is 45.2 Å². The van der Waals surface area contributed by atoms with E-state index in [1.807, 2.05) is 4.90 Å². The van der Waals surface area contributed by atoms with E-state index in [-0.39, 0.29) is 29.8 Å². The molecule has 1 amide bonds. The van der Waals surface area contributed by atoms with Crippen LogP contribution >= 0.6 is 0 Å². The van der Waals surface area contributed by atoms with Crippen LogP contribution < -0.4 is 10.2 Å². The summed E-state index contributed by atoms with van der Waals surface area (Å²) < 4.78 is 5.08. The average Bonchev–Trinajstić information content (AvgIpc) is 3.22. The van der Waals surface area contributed by atoms with E-state index in [0.29, 0.717) is 11.6 Å². The molecule has 1 aromatic rings. The first-order valence-electron chi connectivity index (χ1n) is 9.95. The molecule has 8 nitrogen and oxygen atoms in total. The first kappa shape index (κ1) is 20.1. The molecule has 1 saturated carbocycles. The predicted molar refractivity (Wildman–Crippen MR) is 104 cm³/mol. The lowest BCUT2D eigenvalue weighted by molar-refractivity contribution is -0.384. The Balaban J connectivity index is 1.59. The Morgan fingerprint density at radius 2 is 1.93 bits per heavy atom. The minimum absolute atomic E-state index is 0.0773. The lowest BCUT2D eigenvalue weighted by atomic mass is 9.86. The van der Waals surface area contributed by atoms with Gasteiger partial charge in [-0.1, -0.05) is 19.8 Å². The molecule has 2 fully saturated rings. The minimum Gasteiger partial charge on any atom is -0.452 e. The fourth-order valence-electron chi connectivity index (χ4n) is 4.02. The third kappa shape index (κ3) is 4.79. The summed E-state index contributed by atoms with van der Waals surface area (Å²) in [6.07, 6.45) is 6.27. The van der Waals surface area contributed by atoms with Crippen LogP contribution in [0.4, 0.5) is 11.4 Å². The molecule has 0 aromatic heterocycles. The SMILES string of the molecule is CC1CCCCC1NC(=O)COC(=O)c1ccc(N2CCCC2)c([N+](=O)[O-])c1. The molecular weight excluding hydrogens is 362 g/mol. The topological polar surface area (TPSA) is 102 Å². The van der Waals surface area contributed by atoms with Crippen molar-refractivity contribution in [2.75, 3.05) is 24.6 Å². The number of carbonyl (C=O) groups is 2. The van der Waals surface area contributed by atoms with Crippen LogP contribution in [0.3, 0.4) is 0 Å². The number of amides is 1. The standard InChI is InChI=1S/C20H27N3O5/c1-14-6-2-3-7-16(14)21-19(24)13-28-20(25)15-8-9-17(18(12-15)23(26)27)22-10-4-5-11-22/h8-9,12,14,16H,2-7,10-11,13H2,1H3,(H,21,24). The summed E-state index contributed by atoms with van der Waals surface area (Å²) in [5, 5.41) is 14.4. The molecule has 0 spiro atoms. The number of carbonyl (C=O) groups excluding carboxylic acids is 2. The highest BCUT2D eigenvalue weighted by atomic mass is 16.6. The van der Waals surface area contributed by atoms with E-state index in [2.05, 4.69) is 12.2 Å². The maximum absolute atomic E-state index is 12.3. The first-order valence-corrected chi connectivity index (χ1v) is 9.95. The third-order valence-corrected chi connectivity index (χ3v) is 5.65. The Hall–Kier alpha value is -2.64. The van der Waals surface area contributed by atoms with Gasteiger partial charge in [0.05, 0.1) is 10.5 Å². The van der Waals surface area contributed by atoms with Gasteiger partial charge in [-0.15, -0.1) is 0 Å². The summed E-state index contributed by atoms with van der Waals surface area (Å²) in [4.78, 5) is 37.3. The Labute approximate surface area is 164 Å². The Morgan fingerprint density at radius 3 is 2.61 bits per heavy atom. The Bertz CT molecular complexity index is 745. The van der Waals surface area contributed by atoms with Crippen molar-refractivity contribution < 1.29 is 19.2 Å². The second-order valence-corrected chi connectivity index (χ2v) is 7.67. The van der Waals surface area contributed by atoms with Gasteiger partial charge < -0.3 is 15.0 Å². The number of nitrogens with zero attached hydrogens (tertiary/aromatic N) is 2. The molecule has 3 rings (SSSR count). The van der Waals surface area contributed by atoms with E-state index in [1.54, 1.807) is 6.07 Å². The number of nitrogens with one attached hydrogen (secondary N) is 1. The van der Waals surface area contributed by atoms with Crippen LogP contribution in [0.25, 0.3) is 0 Å². The van der Waals surface area contributed by atoms with Crippen molar-refractivity contribution in [3.05, 3.63) is 33.9 Å². The maximum atomic E-state index is 12.3. The number of nitro benzene ring substituents is 1. The van der Waals surface area contributed by atoms with Crippen LogP contribution in [-0.2, 0) is 9.53 Å². The van der Waals surface area contributed by atoms with Crippen LogP contribution in [-0.4, -0.2) is 42.5 Å². The molecule has 1 saturated heterocycles. The van der Waals surface area contributed by atoms with E-state index in [1.165, 1.54) is 18.6 Å². The normalized spacial score (nSPS) is 22.0. The lowest BCUT2D eigenvalue weighted by Crippen LogP contribution is -2.42. The Morgan fingerprint density at radius 1 is 1.21 bits per heavy atom. The molecule has 8 heteroatoms. The van der Waals surface area contributed by atoms with Crippen LogP contribution in [0, 0.1) is 16.0 Å². The highest BCUT2D eigenvalue weighted by Gasteiger charge is 2.25. The Kier molecular flexibility index (Phi) is 6.49. The fourth-order valence-corrected chi connectivity index (χ4v) is 4.02. The summed E-state index contributed by atoms with van der Waals surface area (Å²) in [5.41, 5.74) is 0.480. The average molecular weight is 389 g/mol. The summed E-state index contributed by atoms with van der Waals surface area (Å²) in [6, 6.07) is 4.45. The zero-order valence-electron chi connectivity index (χ0n) is 16.2. The van der Waals surface area contributed by atoms with Gasteiger partial charge in [-0.25, -0.2) is 4.79 Å². The van der Waals surface area contributed by atoms with E-state index in [9.17, 15) is 19.7 Å². The summed E-state index contributed by atoms with van der Waals surface area (Å²) in [5.74, 6) is -0.660. The number of hydrogen-bond acceptors (Lipinski definition) is 6. The molecule has 28 heavy (non-hydrogen) atoms. The zero-order valence-corrected chi connectivity index (χ0v) is 16.2. The van der Waals surface area contributed by atoms with Crippen molar-refractivity contribution in [1.82, 2.24) is 5.32 Å². The summed E-state index contributed by atoms with van der Waals surface area (Å²) in [6.45, 7) is 3.26. The first-order chi connectivity index (χ1) is 13.5. The number of ether oxygens (including phenoxy) is 1. The maximum Gasteiger partial charge on any atom is 0.338 e. The van der Waals surface area contributed by atoms with Crippen LogP contribution in [0.1, 0.15) is 55.8 Å². The van der Waals surface area contributed by atoms with Gasteiger partial charge in [-0.3, -0.25) is 14.9 Å². The molecule has 1 heterocycles. The van der Waals surface area contributed by atoms with Gasteiger partial charge in [0.2, 0.25) is 0 Å². The predicted octanol–water partition coefficient (Wildman–Crippen LogP) is 3.05. The summed E-state index contributed by atoms with van der Waals surface area (Å²) in [7, 11) is 0. The number of esters is 1. The lowest BCUT2D eigenvalue weighted by Gasteiger charge is -2.29. The van der Waals surface area contributed by atoms with E-state index >= 15 is 0 Å². The minimum atomic E-state index is -0.733. The third-order valence-electron chi connectivity index (χ3n) is 5.65. The van der Waals surface area contributed by atoms with Gasteiger partial charge in [0.15, 0.2) is 6.61 Å². The number of anilines is 1. The van der Waals surface area contributed by atoms with Gasteiger partial charge in [0.25, 0.3) is 11.6 Å². The molecule has 0 bridgehead atoms. The monoisotopic (exact) mass is 389 g/mol. The van der Waals surface area contributed by atoms with Crippen molar-refractivity contribution in [3.63, 3.8) is 0 Å². The smallest absolute Gasteiger partial charge is 0.338 e. The molecular formula is C20H27N3O5. The quantitative estimate of drug-likeness (QED) is 0.456. The highest BCUT2D eigenvalue weighted by molar-refractivity contribution is 5.93. The van der Waals surface area contributed by atoms with Gasteiger partial charge in [0.1, 0.15) is 5.69 Å². The van der Waals surface area contributed by atoms with E-state index in [4.69, 9.17) is 4.74 Å². The zero-order chi connectivity index (χ0) is 20.1. The second-order valence-electron chi connectivity index (χ2n) is 7.67. The van der Waals surface area contributed by atoms with Gasteiger partial charge in [-0.2, -0.15) is 0 Å². The van der Waals surface area contributed by atoms with Crippen LogP contribution in [0.5, 0.6) is 0 Å². The van der Waals surface area contributed by atoms with Crippen molar-refractivity contribution in [2.24, 2.45) is 5.92 Å². The molecule has 1 N–H and O–H groups in total. The molecule has 2 atom stereocenters. The fraction of sp³-hybridized carbons (Fsp3) is 0.600. The number of benzene rings is 1. The molecule has 1 aliphatic carbocycles. The number of hydrogen-bond donors (Lipinski definition) is 1.